The molecule has 108 valence electrons. The maximum atomic E-state index is 10.9. The zero-order valence-electron chi connectivity index (χ0n) is 10.6. The molecule has 1 unspecified atom stereocenters. The first kappa shape index (κ1) is 14.0. The highest BCUT2D eigenvalue weighted by Crippen LogP contribution is 2.23. The second-order valence-electron chi connectivity index (χ2n) is 4.52. The van der Waals surface area contributed by atoms with Gasteiger partial charge in [-0.3, -0.25) is 10.1 Å². The van der Waals surface area contributed by atoms with Gasteiger partial charge in [0.05, 0.1) is 11.0 Å². The Bertz CT molecular complexity index is 548. The predicted octanol–water partition coefficient (Wildman–Crippen LogP) is 0.0454. The number of nitro groups is 1. The number of aromatic nitrogens is 1. The van der Waals surface area contributed by atoms with Crippen LogP contribution in [0.4, 0.5) is 11.5 Å². The molecule has 9 heteroatoms. The topological polar surface area (TPSA) is 138 Å². The van der Waals surface area contributed by atoms with Crippen molar-refractivity contribution in [1.82, 2.24) is 4.98 Å². The van der Waals surface area contributed by atoms with E-state index in [0.717, 1.165) is 12.8 Å². The number of amidine groups is 1. The molecule has 20 heavy (non-hydrogen) atoms. The van der Waals surface area contributed by atoms with Gasteiger partial charge in [-0.15, -0.1) is 0 Å². The lowest BCUT2D eigenvalue weighted by molar-refractivity contribution is -0.385. The van der Waals surface area contributed by atoms with Crippen LogP contribution >= 0.6 is 0 Å². The van der Waals surface area contributed by atoms with Gasteiger partial charge in [0.25, 0.3) is 5.69 Å². The van der Waals surface area contributed by atoms with Crippen LogP contribution in [0.1, 0.15) is 18.5 Å². The Morgan fingerprint density at radius 2 is 2.35 bits per heavy atom. The van der Waals surface area contributed by atoms with Crippen molar-refractivity contribution in [3.63, 3.8) is 0 Å². The van der Waals surface area contributed by atoms with Crippen LogP contribution in [0.25, 0.3) is 0 Å². The highest BCUT2D eigenvalue weighted by Gasteiger charge is 2.24. The van der Waals surface area contributed by atoms with Gasteiger partial charge in [-0.1, -0.05) is 5.16 Å². The maximum Gasteiger partial charge on any atom is 0.298 e. The van der Waals surface area contributed by atoms with E-state index in [-0.39, 0.29) is 11.4 Å². The minimum atomic E-state index is -0.644. The van der Waals surface area contributed by atoms with Gasteiger partial charge in [0.15, 0.2) is 11.5 Å². The quantitative estimate of drug-likeness (QED) is 0.234. The summed E-state index contributed by atoms with van der Waals surface area (Å²) in [4.78, 5) is 16.1. The number of rotatable bonds is 3. The molecule has 1 fully saturated rings. The Morgan fingerprint density at radius 3 is 2.95 bits per heavy atom. The molecule has 1 aromatic rings. The minimum Gasteiger partial charge on any atom is -0.409 e. The van der Waals surface area contributed by atoms with E-state index in [0.29, 0.717) is 18.9 Å². The molecule has 0 aliphatic carbocycles. The fourth-order valence-electron chi connectivity index (χ4n) is 2.16. The van der Waals surface area contributed by atoms with Crippen LogP contribution in [0.2, 0.25) is 0 Å². The first-order valence-corrected chi connectivity index (χ1v) is 6.09. The lowest BCUT2D eigenvalue weighted by Crippen LogP contribution is -2.39. The van der Waals surface area contributed by atoms with Crippen molar-refractivity contribution in [1.29, 1.82) is 0 Å². The molecule has 0 aromatic carbocycles. The third kappa shape index (κ3) is 2.77. The average molecular weight is 281 g/mol. The van der Waals surface area contributed by atoms with Crippen molar-refractivity contribution < 1.29 is 15.2 Å². The summed E-state index contributed by atoms with van der Waals surface area (Å²) in [6.45, 7) is 1.10. The zero-order chi connectivity index (χ0) is 14.7. The molecule has 2 rings (SSSR count). The summed E-state index contributed by atoms with van der Waals surface area (Å²) in [6, 6.07) is 2.75. The number of piperidine rings is 1. The number of aliphatic hydroxyl groups excluding tert-OH is 1. The zero-order valence-corrected chi connectivity index (χ0v) is 10.6. The van der Waals surface area contributed by atoms with Crippen LogP contribution in [-0.4, -0.2) is 45.3 Å². The molecule has 1 saturated heterocycles. The number of nitrogens with zero attached hydrogens (tertiary/aromatic N) is 4. The number of nitrogens with two attached hydrogens (primary N) is 1. The number of aliphatic hydroxyl groups is 1. The third-order valence-electron chi connectivity index (χ3n) is 3.13. The van der Waals surface area contributed by atoms with Crippen molar-refractivity contribution >= 4 is 17.3 Å². The van der Waals surface area contributed by atoms with Crippen molar-refractivity contribution in [2.75, 3.05) is 18.0 Å². The summed E-state index contributed by atoms with van der Waals surface area (Å²) in [5.41, 5.74) is 4.91. The van der Waals surface area contributed by atoms with E-state index in [9.17, 15) is 15.2 Å². The van der Waals surface area contributed by atoms with E-state index in [2.05, 4.69) is 10.1 Å². The van der Waals surface area contributed by atoms with Gasteiger partial charge in [0.2, 0.25) is 0 Å². The van der Waals surface area contributed by atoms with Gasteiger partial charge in [0.1, 0.15) is 5.82 Å². The Morgan fingerprint density at radius 1 is 1.60 bits per heavy atom. The van der Waals surface area contributed by atoms with E-state index in [4.69, 9.17) is 10.9 Å². The van der Waals surface area contributed by atoms with Crippen molar-refractivity contribution in [2.45, 2.75) is 18.9 Å². The maximum absolute atomic E-state index is 10.9. The molecule has 0 spiro atoms. The first-order valence-electron chi connectivity index (χ1n) is 6.09. The van der Waals surface area contributed by atoms with Crippen LogP contribution in [0.5, 0.6) is 0 Å². The fourth-order valence-corrected chi connectivity index (χ4v) is 2.16. The van der Waals surface area contributed by atoms with E-state index >= 15 is 0 Å². The molecule has 1 aliphatic rings. The fraction of sp³-hybridized carbons (Fsp3) is 0.455. The Labute approximate surface area is 114 Å². The summed E-state index contributed by atoms with van der Waals surface area (Å²) >= 11 is 0. The molecule has 0 saturated carbocycles. The number of pyridine rings is 1. The summed E-state index contributed by atoms with van der Waals surface area (Å²) in [5, 5.41) is 32.0. The normalized spacial score (nSPS) is 19.9. The molecule has 9 nitrogen and oxygen atoms in total. The molecule has 1 aromatic heterocycles. The molecule has 0 bridgehead atoms. The molecule has 0 radical (unpaired) electrons. The average Bonchev–Trinajstić information content (AvgIpc) is 2.45. The number of β-amino-alcohol motifs (C(OH)–C–C–N with tert-alkyl or cyclic N) is 1. The van der Waals surface area contributed by atoms with Gasteiger partial charge < -0.3 is 20.9 Å². The molecule has 4 N–H and O–H groups in total. The van der Waals surface area contributed by atoms with E-state index in [1.807, 2.05) is 4.90 Å². The van der Waals surface area contributed by atoms with Gasteiger partial charge in [-0.05, 0) is 18.9 Å². The third-order valence-corrected chi connectivity index (χ3v) is 3.13. The predicted molar refractivity (Wildman–Crippen MR) is 70.9 cm³/mol. The SMILES string of the molecule is N/C(=N/O)c1nc(N2CCCC(O)C2)ccc1[N+](=O)[O-]. The van der Waals surface area contributed by atoms with Crippen molar-refractivity contribution in [2.24, 2.45) is 10.9 Å². The Balaban J connectivity index is 2.39. The first-order chi connectivity index (χ1) is 9.52. The van der Waals surface area contributed by atoms with E-state index in [1.54, 1.807) is 0 Å². The van der Waals surface area contributed by atoms with Crippen LogP contribution in [0.15, 0.2) is 17.3 Å². The Kier molecular flexibility index (Phi) is 3.99. The number of hydrogen-bond acceptors (Lipinski definition) is 7. The number of hydrogen-bond donors (Lipinski definition) is 3. The summed E-state index contributed by atoms with van der Waals surface area (Å²) in [6.07, 6.45) is 1.07. The minimum absolute atomic E-state index is 0.185. The monoisotopic (exact) mass is 281 g/mol. The van der Waals surface area contributed by atoms with Crippen LogP contribution < -0.4 is 10.6 Å². The van der Waals surface area contributed by atoms with Crippen LogP contribution in [-0.2, 0) is 0 Å². The summed E-state index contributed by atoms with van der Waals surface area (Å²) in [7, 11) is 0. The Hall–Kier alpha value is -2.42. The van der Waals surface area contributed by atoms with E-state index < -0.39 is 16.9 Å². The van der Waals surface area contributed by atoms with Crippen molar-refractivity contribution in [3.8, 4) is 0 Å². The highest BCUT2D eigenvalue weighted by molar-refractivity contribution is 5.99. The lowest BCUT2D eigenvalue weighted by Gasteiger charge is -2.31. The molecule has 2 heterocycles. The molecule has 1 aliphatic heterocycles. The second-order valence-corrected chi connectivity index (χ2v) is 4.52. The van der Waals surface area contributed by atoms with Gasteiger partial charge in [-0.25, -0.2) is 4.98 Å². The van der Waals surface area contributed by atoms with Crippen LogP contribution in [0.3, 0.4) is 0 Å². The van der Waals surface area contributed by atoms with Gasteiger partial charge in [0, 0.05) is 19.2 Å². The lowest BCUT2D eigenvalue weighted by atomic mass is 10.1. The highest BCUT2D eigenvalue weighted by atomic mass is 16.6. The molecule has 1 atom stereocenters. The standard InChI is InChI=1S/C11H15N5O4/c12-11(14-18)10-8(16(19)20)3-4-9(13-10)15-5-1-2-7(17)6-15/h3-4,7,17-18H,1-2,5-6H2,(H2,12,14). The molecular weight excluding hydrogens is 266 g/mol. The summed E-state index contributed by atoms with van der Waals surface area (Å²) in [5.74, 6) is 0.0343. The molecular formula is C11H15N5O4. The number of oxime groups is 1. The van der Waals surface area contributed by atoms with Gasteiger partial charge in [-0.2, -0.15) is 0 Å². The van der Waals surface area contributed by atoms with Crippen LogP contribution in [0, 0.1) is 10.1 Å². The largest absolute Gasteiger partial charge is 0.409 e. The summed E-state index contributed by atoms with van der Waals surface area (Å²) < 4.78 is 0. The molecule has 0 amide bonds. The van der Waals surface area contributed by atoms with E-state index in [1.165, 1.54) is 12.1 Å². The smallest absolute Gasteiger partial charge is 0.298 e. The van der Waals surface area contributed by atoms with Gasteiger partial charge >= 0.3 is 0 Å². The number of anilines is 1. The van der Waals surface area contributed by atoms with Crippen molar-refractivity contribution in [3.05, 3.63) is 27.9 Å². The second kappa shape index (κ2) is 5.70.